The van der Waals surface area contributed by atoms with E-state index in [2.05, 4.69) is 25.7 Å². The first-order chi connectivity index (χ1) is 11.5. The van der Waals surface area contributed by atoms with Crippen LogP contribution in [0.2, 0.25) is 5.02 Å². The number of anilines is 1. The van der Waals surface area contributed by atoms with Crippen molar-refractivity contribution in [2.45, 2.75) is 19.4 Å². The van der Waals surface area contributed by atoms with Crippen molar-refractivity contribution in [1.82, 2.24) is 25.7 Å². The van der Waals surface area contributed by atoms with Gasteiger partial charge in [-0.2, -0.15) is 4.98 Å². The number of nitrogens with one attached hydrogen (secondary N) is 2. The number of carbonyl (C=O) groups is 1. The number of aromatic amines is 1. The van der Waals surface area contributed by atoms with E-state index in [1.165, 1.54) is 0 Å². The summed E-state index contributed by atoms with van der Waals surface area (Å²) < 4.78 is 5.27. The summed E-state index contributed by atoms with van der Waals surface area (Å²) in [6, 6.07) is 8.60. The maximum Gasteiger partial charge on any atom is 0.239 e. The SMILES string of the molecule is CC(NC(=O)Cc1cc(-c2ccccc2Cl)on1)c1nc(N)n[nH]1. The molecular formula is C15H15ClN6O2. The van der Waals surface area contributed by atoms with Gasteiger partial charge in [-0.05, 0) is 19.1 Å². The third kappa shape index (κ3) is 3.54. The van der Waals surface area contributed by atoms with Gasteiger partial charge in [0.15, 0.2) is 5.76 Å². The van der Waals surface area contributed by atoms with E-state index in [1.807, 2.05) is 18.2 Å². The first-order valence-electron chi connectivity index (χ1n) is 7.20. The van der Waals surface area contributed by atoms with Crippen LogP contribution in [0.3, 0.4) is 0 Å². The van der Waals surface area contributed by atoms with Gasteiger partial charge in [0.25, 0.3) is 0 Å². The Kier molecular flexibility index (Phi) is 4.48. The summed E-state index contributed by atoms with van der Waals surface area (Å²) in [6.45, 7) is 1.77. The number of halogens is 1. The Morgan fingerprint density at radius 3 is 2.96 bits per heavy atom. The Hall–Kier alpha value is -2.87. The zero-order chi connectivity index (χ0) is 17.1. The quantitative estimate of drug-likeness (QED) is 0.650. The van der Waals surface area contributed by atoms with Crippen LogP contribution in [-0.4, -0.2) is 26.2 Å². The molecule has 0 spiro atoms. The molecule has 0 fully saturated rings. The average molecular weight is 347 g/mol. The molecule has 0 bridgehead atoms. The minimum atomic E-state index is -0.350. The molecule has 0 aliphatic carbocycles. The normalized spacial score (nSPS) is 12.1. The molecule has 1 aromatic carbocycles. The van der Waals surface area contributed by atoms with Crippen molar-refractivity contribution in [3.05, 3.63) is 46.9 Å². The molecule has 8 nitrogen and oxygen atoms in total. The average Bonchev–Trinajstić information content (AvgIpc) is 3.17. The zero-order valence-corrected chi connectivity index (χ0v) is 13.5. The van der Waals surface area contributed by atoms with Crippen molar-refractivity contribution < 1.29 is 9.32 Å². The van der Waals surface area contributed by atoms with Crippen molar-refractivity contribution in [1.29, 1.82) is 0 Å². The largest absolute Gasteiger partial charge is 0.367 e. The van der Waals surface area contributed by atoms with Gasteiger partial charge in [-0.3, -0.25) is 9.89 Å². The summed E-state index contributed by atoms with van der Waals surface area (Å²) in [6.07, 6.45) is 0.0713. The van der Waals surface area contributed by atoms with Gasteiger partial charge in [0.05, 0.1) is 23.2 Å². The lowest BCUT2D eigenvalue weighted by atomic mass is 10.1. The topological polar surface area (TPSA) is 123 Å². The van der Waals surface area contributed by atoms with Crippen LogP contribution >= 0.6 is 11.6 Å². The standard InChI is InChI=1S/C15H15ClN6O2/c1-8(14-19-15(17)21-20-14)18-13(23)7-9-6-12(24-22-9)10-4-2-3-5-11(10)16/h2-6,8H,7H2,1H3,(H,18,23)(H3,17,19,20,21). The number of hydrogen-bond donors (Lipinski definition) is 3. The number of nitrogen functional groups attached to an aromatic ring is 1. The molecule has 1 unspecified atom stereocenters. The molecule has 0 saturated carbocycles. The maximum absolute atomic E-state index is 12.1. The zero-order valence-electron chi connectivity index (χ0n) is 12.8. The van der Waals surface area contributed by atoms with Gasteiger partial charge in [0.2, 0.25) is 11.9 Å². The number of nitrogens with two attached hydrogens (primary N) is 1. The fourth-order valence-electron chi connectivity index (χ4n) is 2.19. The maximum atomic E-state index is 12.1. The minimum absolute atomic E-state index is 0.0713. The smallest absolute Gasteiger partial charge is 0.239 e. The summed E-state index contributed by atoms with van der Waals surface area (Å²) in [5, 5.41) is 13.6. The number of aromatic nitrogens is 4. The lowest BCUT2D eigenvalue weighted by molar-refractivity contribution is -0.121. The van der Waals surface area contributed by atoms with Crippen LogP contribution in [0.1, 0.15) is 24.5 Å². The van der Waals surface area contributed by atoms with Gasteiger partial charge in [-0.15, -0.1) is 5.10 Å². The molecule has 0 aliphatic rings. The number of benzene rings is 1. The van der Waals surface area contributed by atoms with Crippen LogP contribution in [0.25, 0.3) is 11.3 Å². The van der Waals surface area contributed by atoms with Crippen LogP contribution in [0.15, 0.2) is 34.9 Å². The summed E-state index contributed by atoms with van der Waals surface area (Å²) in [7, 11) is 0. The second-order valence-electron chi connectivity index (χ2n) is 5.21. The van der Waals surface area contributed by atoms with Crippen molar-refractivity contribution in [3.63, 3.8) is 0 Å². The lowest BCUT2D eigenvalue weighted by Crippen LogP contribution is -2.28. The van der Waals surface area contributed by atoms with E-state index in [9.17, 15) is 4.79 Å². The predicted octanol–water partition coefficient (Wildman–Crippen LogP) is 2.12. The highest BCUT2D eigenvalue weighted by Crippen LogP contribution is 2.28. The molecule has 0 saturated heterocycles. The van der Waals surface area contributed by atoms with Crippen LogP contribution in [-0.2, 0) is 11.2 Å². The second-order valence-corrected chi connectivity index (χ2v) is 5.61. The monoisotopic (exact) mass is 346 g/mol. The number of H-pyrrole nitrogens is 1. The van der Waals surface area contributed by atoms with Crippen LogP contribution in [0, 0.1) is 0 Å². The molecule has 2 heterocycles. The molecule has 4 N–H and O–H groups in total. The molecule has 124 valence electrons. The van der Waals surface area contributed by atoms with E-state index in [4.69, 9.17) is 21.9 Å². The molecule has 3 aromatic rings. The van der Waals surface area contributed by atoms with Crippen molar-refractivity contribution in [2.24, 2.45) is 0 Å². The Labute approximate surface area is 142 Å². The van der Waals surface area contributed by atoms with Gasteiger partial charge in [-0.1, -0.05) is 28.9 Å². The van der Waals surface area contributed by atoms with E-state index in [0.29, 0.717) is 22.3 Å². The molecule has 2 aromatic heterocycles. The van der Waals surface area contributed by atoms with Crippen LogP contribution in [0.5, 0.6) is 0 Å². The summed E-state index contributed by atoms with van der Waals surface area (Å²) in [4.78, 5) is 16.1. The number of amides is 1. The summed E-state index contributed by atoms with van der Waals surface area (Å²) >= 11 is 6.12. The van der Waals surface area contributed by atoms with Crippen LogP contribution in [0.4, 0.5) is 5.95 Å². The lowest BCUT2D eigenvalue weighted by Gasteiger charge is -2.09. The number of nitrogens with zero attached hydrogens (tertiary/aromatic N) is 3. The van der Waals surface area contributed by atoms with Crippen LogP contribution < -0.4 is 11.1 Å². The van der Waals surface area contributed by atoms with Gasteiger partial charge in [-0.25, -0.2) is 0 Å². The third-order valence-corrected chi connectivity index (χ3v) is 3.68. The fraction of sp³-hybridized carbons (Fsp3) is 0.200. The van der Waals surface area contributed by atoms with Gasteiger partial charge >= 0.3 is 0 Å². The Bertz CT molecular complexity index is 859. The van der Waals surface area contributed by atoms with Gasteiger partial charge < -0.3 is 15.6 Å². The predicted molar refractivity (Wildman–Crippen MR) is 88.0 cm³/mol. The van der Waals surface area contributed by atoms with E-state index in [-0.39, 0.29) is 24.3 Å². The summed E-state index contributed by atoms with van der Waals surface area (Å²) in [5.74, 6) is 0.903. The van der Waals surface area contributed by atoms with Crippen molar-refractivity contribution >= 4 is 23.5 Å². The Morgan fingerprint density at radius 1 is 1.46 bits per heavy atom. The third-order valence-electron chi connectivity index (χ3n) is 3.35. The number of hydrogen-bond acceptors (Lipinski definition) is 6. The van der Waals surface area contributed by atoms with E-state index < -0.39 is 0 Å². The molecule has 3 rings (SSSR count). The summed E-state index contributed by atoms with van der Waals surface area (Å²) in [5.41, 5.74) is 6.67. The highest BCUT2D eigenvalue weighted by Gasteiger charge is 2.16. The first-order valence-corrected chi connectivity index (χ1v) is 7.58. The molecule has 24 heavy (non-hydrogen) atoms. The highest BCUT2D eigenvalue weighted by molar-refractivity contribution is 6.33. The van der Waals surface area contributed by atoms with E-state index >= 15 is 0 Å². The Balaban J connectivity index is 1.64. The highest BCUT2D eigenvalue weighted by atomic mass is 35.5. The number of rotatable bonds is 5. The minimum Gasteiger partial charge on any atom is -0.367 e. The van der Waals surface area contributed by atoms with Gasteiger partial charge in [0, 0.05) is 11.6 Å². The molecule has 0 aliphatic heterocycles. The number of carbonyl (C=O) groups excluding carboxylic acids is 1. The first kappa shape index (κ1) is 16.0. The molecular weight excluding hydrogens is 332 g/mol. The van der Waals surface area contributed by atoms with E-state index in [1.54, 1.807) is 19.1 Å². The molecule has 0 radical (unpaired) electrons. The second kappa shape index (κ2) is 6.71. The van der Waals surface area contributed by atoms with Crippen molar-refractivity contribution in [2.75, 3.05) is 5.73 Å². The molecule has 9 heteroatoms. The Morgan fingerprint density at radius 2 is 2.25 bits per heavy atom. The molecule has 1 atom stereocenters. The molecule has 1 amide bonds. The van der Waals surface area contributed by atoms with E-state index in [0.717, 1.165) is 5.56 Å². The fourth-order valence-corrected chi connectivity index (χ4v) is 2.42. The van der Waals surface area contributed by atoms with Gasteiger partial charge in [0.1, 0.15) is 5.82 Å². The van der Waals surface area contributed by atoms with Crippen molar-refractivity contribution in [3.8, 4) is 11.3 Å².